The lowest BCUT2D eigenvalue weighted by Crippen LogP contribution is -2.43. The number of nitrogens with one attached hydrogen (secondary N) is 1. The Balaban J connectivity index is 2.18. The van der Waals surface area contributed by atoms with E-state index in [9.17, 15) is 4.79 Å². The van der Waals surface area contributed by atoms with Gasteiger partial charge in [0.1, 0.15) is 0 Å². The van der Waals surface area contributed by atoms with E-state index >= 15 is 0 Å². The van der Waals surface area contributed by atoms with Gasteiger partial charge >= 0.3 is 5.97 Å². The Labute approximate surface area is 53.7 Å². The normalized spacial score (nSPS) is 24.1. The molecule has 0 aromatic carbocycles. The lowest BCUT2D eigenvalue weighted by Gasteiger charge is -2.29. The summed E-state index contributed by atoms with van der Waals surface area (Å²) in [7, 11) is 0. The molecule has 0 radical (unpaired) electrons. The Kier molecular flexibility index (Phi) is 1.42. The van der Waals surface area contributed by atoms with E-state index in [4.69, 9.17) is 4.74 Å². The van der Waals surface area contributed by atoms with Gasteiger partial charge in [0.25, 0.3) is 0 Å². The van der Waals surface area contributed by atoms with Crippen molar-refractivity contribution >= 4 is 5.97 Å². The third-order valence-corrected chi connectivity index (χ3v) is 1.11. The van der Waals surface area contributed by atoms with Gasteiger partial charge in [0.05, 0.1) is 0 Å². The Morgan fingerprint density at radius 1 is 2.00 bits per heavy atom. The third-order valence-electron chi connectivity index (χ3n) is 1.11. The topological polar surface area (TPSA) is 38.3 Å². The van der Waals surface area contributed by atoms with Crippen LogP contribution in [0.4, 0.5) is 0 Å². The molecule has 1 rings (SSSR count). The Bertz CT molecular complexity index is 145. The molecule has 3 nitrogen and oxygen atoms in total. The quantitative estimate of drug-likeness (QED) is 0.517. The smallest absolute Gasteiger partial charge is 0.304 e. The summed E-state index contributed by atoms with van der Waals surface area (Å²) in [5.74, 6) is -0.250. The third kappa shape index (κ3) is 1.45. The van der Waals surface area contributed by atoms with Crippen molar-refractivity contribution in [2.75, 3.05) is 0 Å². The van der Waals surface area contributed by atoms with Crippen molar-refractivity contribution in [3.05, 3.63) is 12.3 Å². The highest BCUT2D eigenvalue weighted by Gasteiger charge is 2.21. The van der Waals surface area contributed by atoms with Gasteiger partial charge in [0, 0.05) is 19.0 Å². The maximum absolute atomic E-state index is 10.3. The summed E-state index contributed by atoms with van der Waals surface area (Å²) in [6, 6.07) is 0. The fraction of sp³-hybridized carbons (Fsp3) is 0.500. The van der Waals surface area contributed by atoms with E-state index in [0.29, 0.717) is 0 Å². The summed E-state index contributed by atoms with van der Waals surface area (Å²) in [5.41, 5.74) is 0.932. The van der Waals surface area contributed by atoms with Gasteiger partial charge in [-0.25, -0.2) is 0 Å². The van der Waals surface area contributed by atoms with Crippen LogP contribution in [0.5, 0.6) is 0 Å². The molecule has 0 aromatic heterocycles. The number of hydrogen-bond donors (Lipinski definition) is 1. The highest BCUT2D eigenvalue weighted by molar-refractivity contribution is 5.66. The molecule has 0 aliphatic carbocycles. The van der Waals surface area contributed by atoms with Gasteiger partial charge in [-0.2, -0.15) is 0 Å². The standard InChI is InChI=1S/C6H9NO2/c1-4-3-6(7-4)9-5(2)8/h6-7H,1,3H2,2H3. The Morgan fingerprint density at radius 3 is 2.89 bits per heavy atom. The molecule has 0 saturated carbocycles. The average molecular weight is 127 g/mol. The fourth-order valence-electron chi connectivity index (χ4n) is 0.702. The molecular weight excluding hydrogens is 118 g/mol. The van der Waals surface area contributed by atoms with Crippen LogP contribution in [0.1, 0.15) is 13.3 Å². The van der Waals surface area contributed by atoms with Crippen molar-refractivity contribution in [1.29, 1.82) is 0 Å². The average Bonchev–Trinajstić information content (AvgIpc) is 1.60. The van der Waals surface area contributed by atoms with E-state index in [-0.39, 0.29) is 12.2 Å². The number of esters is 1. The minimum atomic E-state index is -0.250. The van der Waals surface area contributed by atoms with E-state index in [2.05, 4.69) is 11.9 Å². The van der Waals surface area contributed by atoms with Crippen LogP contribution < -0.4 is 5.32 Å². The minimum Gasteiger partial charge on any atom is -0.442 e. The first-order valence-electron chi connectivity index (χ1n) is 2.80. The molecule has 0 spiro atoms. The second-order valence-electron chi connectivity index (χ2n) is 2.05. The molecule has 3 heteroatoms. The van der Waals surface area contributed by atoms with E-state index in [1.165, 1.54) is 6.92 Å². The van der Waals surface area contributed by atoms with Crippen LogP contribution >= 0.6 is 0 Å². The van der Waals surface area contributed by atoms with Gasteiger partial charge in [0.15, 0.2) is 6.23 Å². The SMILES string of the molecule is C=C1CC(OC(C)=O)N1. The van der Waals surface area contributed by atoms with E-state index in [1.54, 1.807) is 0 Å². The zero-order valence-corrected chi connectivity index (χ0v) is 5.31. The molecule has 1 fully saturated rings. The summed E-state index contributed by atoms with van der Waals surface area (Å²) < 4.78 is 4.75. The monoisotopic (exact) mass is 127 g/mol. The predicted octanol–water partition coefficient (Wildman–Crippen LogP) is 0.383. The van der Waals surface area contributed by atoms with Gasteiger partial charge in [-0.1, -0.05) is 6.58 Å². The number of hydrogen-bond acceptors (Lipinski definition) is 3. The molecule has 9 heavy (non-hydrogen) atoms. The van der Waals surface area contributed by atoms with Crippen molar-refractivity contribution in [3.8, 4) is 0 Å². The van der Waals surface area contributed by atoms with Crippen LogP contribution in [-0.2, 0) is 9.53 Å². The van der Waals surface area contributed by atoms with E-state index in [0.717, 1.165) is 12.1 Å². The molecule has 1 unspecified atom stereocenters. The lowest BCUT2D eigenvalue weighted by atomic mass is 10.2. The van der Waals surface area contributed by atoms with Gasteiger partial charge in [-0.3, -0.25) is 4.79 Å². The summed E-state index contributed by atoms with van der Waals surface area (Å²) >= 11 is 0. The molecular formula is C6H9NO2. The molecule has 0 amide bonds. The number of carbonyl (C=O) groups excluding carboxylic acids is 1. The molecule has 1 aliphatic rings. The maximum Gasteiger partial charge on any atom is 0.304 e. The van der Waals surface area contributed by atoms with Gasteiger partial charge < -0.3 is 10.1 Å². The van der Waals surface area contributed by atoms with Crippen molar-refractivity contribution < 1.29 is 9.53 Å². The van der Waals surface area contributed by atoms with Crippen molar-refractivity contribution in [3.63, 3.8) is 0 Å². The Hall–Kier alpha value is -0.990. The van der Waals surface area contributed by atoms with Gasteiger partial charge in [-0.15, -0.1) is 0 Å². The molecule has 1 N–H and O–H groups in total. The second kappa shape index (κ2) is 2.09. The van der Waals surface area contributed by atoms with Crippen LogP contribution in [-0.4, -0.2) is 12.2 Å². The number of carbonyl (C=O) groups is 1. The molecule has 1 atom stereocenters. The first kappa shape index (κ1) is 6.13. The summed E-state index contributed by atoms with van der Waals surface area (Å²) in [4.78, 5) is 10.3. The largest absolute Gasteiger partial charge is 0.442 e. The molecule has 0 bridgehead atoms. The van der Waals surface area contributed by atoms with Crippen molar-refractivity contribution in [2.45, 2.75) is 19.6 Å². The van der Waals surface area contributed by atoms with Crippen LogP contribution in [0.3, 0.4) is 0 Å². The second-order valence-corrected chi connectivity index (χ2v) is 2.05. The molecule has 50 valence electrons. The van der Waals surface area contributed by atoms with Gasteiger partial charge in [0.2, 0.25) is 0 Å². The first-order valence-corrected chi connectivity index (χ1v) is 2.80. The zero-order valence-electron chi connectivity index (χ0n) is 5.31. The highest BCUT2D eigenvalue weighted by atomic mass is 16.6. The fourth-order valence-corrected chi connectivity index (χ4v) is 0.702. The molecule has 1 heterocycles. The van der Waals surface area contributed by atoms with E-state index in [1.807, 2.05) is 0 Å². The summed E-state index contributed by atoms with van der Waals surface area (Å²) in [5, 5.41) is 2.84. The van der Waals surface area contributed by atoms with Crippen LogP contribution in [0, 0.1) is 0 Å². The maximum atomic E-state index is 10.3. The molecule has 1 saturated heterocycles. The van der Waals surface area contributed by atoms with Crippen LogP contribution in [0.15, 0.2) is 12.3 Å². The molecule has 0 aromatic rings. The lowest BCUT2D eigenvalue weighted by molar-refractivity contribution is -0.149. The highest BCUT2D eigenvalue weighted by Crippen LogP contribution is 2.13. The number of ether oxygens (including phenoxy) is 1. The van der Waals surface area contributed by atoms with E-state index < -0.39 is 0 Å². The summed E-state index contributed by atoms with van der Waals surface area (Å²) in [6.45, 7) is 5.01. The number of rotatable bonds is 1. The van der Waals surface area contributed by atoms with Crippen molar-refractivity contribution in [2.24, 2.45) is 0 Å². The predicted molar refractivity (Wildman–Crippen MR) is 32.4 cm³/mol. The first-order chi connectivity index (χ1) is 4.18. The molecule has 1 aliphatic heterocycles. The Morgan fingerprint density at radius 2 is 2.56 bits per heavy atom. The van der Waals surface area contributed by atoms with Crippen molar-refractivity contribution in [1.82, 2.24) is 5.32 Å². The summed E-state index contributed by atoms with van der Waals surface area (Å²) in [6.07, 6.45) is 0.634. The van der Waals surface area contributed by atoms with Gasteiger partial charge in [-0.05, 0) is 0 Å². The van der Waals surface area contributed by atoms with Crippen LogP contribution in [0.2, 0.25) is 0 Å². The van der Waals surface area contributed by atoms with Crippen LogP contribution in [0.25, 0.3) is 0 Å². The zero-order chi connectivity index (χ0) is 6.85. The minimum absolute atomic E-state index is 0.116.